The van der Waals surface area contributed by atoms with E-state index in [0.29, 0.717) is 10.4 Å². The molecule has 23 heavy (non-hydrogen) atoms. The fraction of sp³-hybridized carbons (Fsp3) is 0.188. The number of benzene rings is 1. The van der Waals surface area contributed by atoms with Gasteiger partial charge in [-0.05, 0) is 47.1 Å². The van der Waals surface area contributed by atoms with Crippen LogP contribution in [-0.4, -0.2) is 30.3 Å². The molecule has 0 aliphatic rings. The molecule has 1 amide bonds. The molecule has 1 atom stereocenters. The van der Waals surface area contributed by atoms with Gasteiger partial charge in [-0.2, -0.15) is 0 Å². The maximum absolute atomic E-state index is 11.9. The lowest BCUT2D eigenvalue weighted by Crippen LogP contribution is -2.40. The van der Waals surface area contributed by atoms with Crippen LogP contribution in [0.1, 0.15) is 27.0 Å². The van der Waals surface area contributed by atoms with Crippen LogP contribution < -0.4 is 5.32 Å². The van der Waals surface area contributed by atoms with Crippen molar-refractivity contribution in [3.8, 4) is 0 Å². The smallest absolute Gasteiger partial charge is 0.328 e. The van der Waals surface area contributed by atoms with Crippen molar-refractivity contribution in [1.82, 2.24) is 5.32 Å². The van der Waals surface area contributed by atoms with Gasteiger partial charge in [-0.15, -0.1) is 11.3 Å². The van der Waals surface area contributed by atoms with Crippen LogP contribution in [0.3, 0.4) is 0 Å². The lowest BCUT2D eigenvalue weighted by Gasteiger charge is -2.13. The van der Waals surface area contributed by atoms with Gasteiger partial charge in [0.2, 0.25) is 5.78 Å². The molecule has 0 unspecified atom stereocenters. The second-order valence-electron chi connectivity index (χ2n) is 4.70. The second-order valence-corrected chi connectivity index (χ2v) is 7.16. The van der Waals surface area contributed by atoms with Crippen LogP contribution in [0.2, 0.25) is 0 Å². The molecule has 120 valence electrons. The molecule has 5 nitrogen and oxygen atoms in total. The van der Waals surface area contributed by atoms with E-state index in [2.05, 4.69) is 21.2 Å². The lowest BCUT2D eigenvalue weighted by atomic mass is 10.2. The monoisotopic (exact) mass is 395 g/mol. The zero-order valence-electron chi connectivity index (χ0n) is 12.2. The average Bonchev–Trinajstić information content (AvgIpc) is 2.99. The van der Waals surface area contributed by atoms with Gasteiger partial charge >= 0.3 is 5.97 Å². The summed E-state index contributed by atoms with van der Waals surface area (Å²) in [5.41, 5.74) is 0.451. The number of nitrogens with one attached hydrogen (secondary N) is 1. The van der Waals surface area contributed by atoms with E-state index in [1.807, 2.05) is 0 Å². The van der Waals surface area contributed by atoms with Gasteiger partial charge in [0.1, 0.15) is 6.04 Å². The highest BCUT2D eigenvalue weighted by molar-refractivity contribution is 9.11. The fourth-order valence-electron chi connectivity index (χ4n) is 1.73. The Labute approximate surface area is 145 Å². The summed E-state index contributed by atoms with van der Waals surface area (Å²) in [4.78, 5) is 36.1. The molecule has 2 aromatic rings. The van der Waals surface area contributed by atoms with E-state index in [0.717, 1.165) is 3.79 Å². The first-order valence-corrected chi connectivity index (χ1v) is 8.39. The van der Waals surface area contributed by atoms with Crippen molar-refractivity contribution in [2.24, 2.45) is 0 Å². The van der Waals surface area contributed by atoms with Crippen LogP contribution in [0.4, 0.5) is 0 Å². The molecule has 0 fully saturated rings. The predicted molar refractivity (Wildman–Crippen MR) is 90.7 cm³/mol. The molecule has 2 rings (SSSR count). The summed E-state index contributed by atoms with van der Waals surface area (Å²) in [5, 5.41) is 2.53. The van der Waals surface area contributed by atoms with Crippen molar-refractivity contribution in [1.29, 1.82) is 0 Å². The van der Waals surface area contributed by atoms with E-state index in [1.54, 1.807) is 42.5 Å². The molecule has 1 aromatic heterocycles. The number of hydrogen-bond acceptors (Lipinski definition) is 5. The van der Waals surface area contributed by atoms with Crippen LogP contribution in [0, 0.1) is 0 Å². The summed E-state index contributed by atoms with van der Waals surface area (Å²) < 4.78 is 5.78. The maximum atomic E-state index is 11.9. The summed E-state index contributed by atoms with van der Waals surface area (Å²) in [6.45, 7) is 1.16. The quantitative estimate of drug-likeness (QED) is 0.602. The van der Waals surface area contributed by atoms with Crippen molar-refractivity contribution in [2.75, 3.05) is 6.61 Å². The van der Waals surface area contributed by atoms with Crippen LogP contribution in [0.25, 0.3) is 0 Å². The Hall–Kier alpha value is -1.99. The summed E-state index contributed by atoms with van der Waals surface area (Å²) in [6.07, 6.45) is 0. The third kappa shape index (κ3) is 5.01. The predicted octanol–water partition coefficient (Wildman–Crippen LogP) is 3.06. The summed E-state index contributed by atoms with van der Waals surface area (Å²) in [7, 11) is 0. The molecule has 1 heterocycles. The molecule has 1 N–H and O–H groups in total. The van der Waals surface area contributed by atoms with E-state index >= 15 is 0 Å². The molecule has 1 aromatic carbocycles. The van der Waals surface area contributed by atoms with Gasteiger partial charge in [0, 0.05) is 5.56 Å². The van der Waals surface area contributed by atoms with E-state index < -0.39 is 12.0 Å². The Balaban J connectivity index is 1.83. The highest BCUT2D eigenvalue weighted by Crippen LogP contribution is 2.22. The van der Waals surface area contributed by atoms with Crippen LogP contribution in [-0.2, 0) is 9.53 Å². The number of rotatable bonds is 6. The van der Waals surface area contributed by atoms with Gasteiger partial charge in [-0.25, -0.2) is 4.79 Å². The van der Waals surface area contributed by atoms with Crippen molar-refractivity contribution < 1.29 is 19.1 Å². The van der Waals surface area contributed by atoms with Gasteiger partial charge in [0.05, 0.1) is 8.66 Å². The first-order valence-electron chi connectivity index (χ1n) is 6.78. The number of carbonyl (C=O) groups excluding carboxylic acids is 3. The molecule has 0 radical (unpaired) electrons. The van der Waals surface area contributed by atoms with Crippen molar-refractivity contribution in [3.05, 3.63) is 56.7 Å². The molecule has 0 saturated heterocycles. The Kier molecular flexibility index (Phi) is 6.06. The minimum atomic E-state index is -0.842. The van der Waals surface area contributed by atoms with E-state index in [4.69, 9.17) is 4.74 Å². The highest BCUT2D eigenvalue weighted by Gasteiger charge is 2.19. The molecule has 0 saturated carbocycles. The Morgan fingerprint density at radius 1 is 1.17 bits per heavy atom. The van der Waals surface area contributed by atoms with Crippen LogP contribution in [0.5, 0.6) is 0 Å². The number of carbonyl (C=O) groups is 3. The molecule has 0 spiro atoms. The molecular formula is C16H14BrNO4S. The summed E-state index contributed by atoms with van der Waals surface area (Å²) in [6, 6.07) is 11.1. The number of ketones is 1. The fourth-order valence-corrected chi connectivity index (χ4v) is 3.04. The van der Waals surface area contributed by atoms with Crippen molar-refractivity contribution >= 4 is 44.9 Å². The van der Waals surface area contributed by atoms with Gasteiger partial charge < -0.3 is 10.1 Å². The number of ether oxygens (including phenoxy) is 1. The second kappa shape index (κ2) is 8.03. The topological polar surface area (TPSA) is 72.5 Å². The van der Waals surface area contributed by atoms with Crippen molar-refractivity contribution in [3.63, 3.8) is 0 Å². The third-order valence-electron chi connectivity index (χ3n) is 2.93. The number of thiophene rings is 1. The van der Waals surface area contributed by atoms with E-state index in [1.165, 1.54) is 18.3 Å². The minimum absolute atomic E-state index is 0.282. The van der Waals surface area contributed by atoms with Gasteiger partial charge in [0.15, 0.2) is 6.61 Å². The minimum Gasteiger partial charge on any atom is -0.456 e. The van der Waals surface area contributed by atoms with Gasteiger partial charge in [-0.1, -0.05) is 18.2 Å². The van der Waals surface area contributed by atoms with Gasteiger partial charge in [0.25, 0.3) is 5.91 Å². The standard InChI is InChI=1S/C16H14BrNO4S/c1-10(18-15(20)11-5-3-2-4-6-11)16(21)22-9-12(19)13-7-8-14(17)23-13/h2-8,10H,9H2,1H3,(H,18,20)/t10-/m0/s1. The largest absolute Gasteiger partial charge is 0.456 e. The number of amides is 1. The lowest BCUT2D eigenvalue weighted by molar-refractivity contribution is -0.144. The van der Waals surface area contributed by atoms with E-state index in [9.17, 15) is 14.4 Å². The Morgan fingerprint density at radius 2 is 1.87 bits per heavy atom. The zero-order chi connectivity index (χ0) is 16.8. The molecule has 0 aliphatic carbocycles. The Morgan fingerprint density at radius 3 is 2.48 bits per heavy atom. The number of hydrogen-bond donors (Lipinski definition) is 1. The summed E-state index contributed by atoms with van der Waals surface area (Å²) >= 11 is 4.53. The average molecular weight is 396 g/mol. The summed E-state index contributed by atoms with van der Waals surface area (Å²) in [5.74, 6) is -1.31. The first-order chi connectivity index (χ1) is 11.0. The highest BCUT2D eigenvalue weighted by atomic mass is 79.9. The SMILES string of the molecule is C[C@H](NC(=O)c1ccccc1)C(=O)OCC(=O)c1ccc(Br)s1. The number of esters is 1. The van der Waals surface area contributed by atoms with E-state index in [-0.39, 0.29) is 18.3 Å². The Bertz CT molecular complexity index is 714. The molecule has 0 bridgehead atoms. The van der Waals surface area contributed by atoms with Crippen molar-refractivity contribution in [2.45, 2.75) is 13.0 Å². The molecule has 7 heteroatoms. The number of Topliss-reactive ketones (excluding diaryl/α,β-unsaturated/α-hetero) is 1. The normalized spacial score (nSPS) is 11.6. The van der Waals surface area contributed by atoms with Crippen LogP contribution in [0.15, 0.2) is 46.3 Å². The number of halogens is 1. The molecule has 0 aliphatic heterocycles. The van der Waals surface area contributed by atoms with Gasteiger partial charge in [-0.3, -0.25) is 9.59 Å². The maximum Gasteiger partial charge on any atom is 0.328 e. The van der Waals surface area contributed by atoms with Crippen LogP contribution >= 0.6 is 27.3 Å². The third-order valence-corrected chi connectivity index (χ3v) is 4.60. The first kappa shape index (κ1) is 17.4. The zero-order valence-corrected chi connectivity index (χ0v) is 14.6. The molecular weight excluding hydrogens is 382 g/mol.